The Hall–Kier alpha value is -2.99. The second kappa shape index (κ2) is 8.10. The molecule has 2 aromatic carbocycles. The topological polar surface area (TPSA) is 104 Å². The lowest BCUT2D eigenvalue weighted by atomic mass is 9.95. The van der Waals surface area contributed by atoms with Crippen LogP contribution in [0.3, 0.4) is 0 Å². The van der Waals surface area contributed by atoms with Crippen LogP contribution >= 0.6 is 0 Å². The molecule has 33 heavy (non-hydrogen) atoms. The van der Waals surface area contributed by atoms with E-state index in [1.807, 2.05) is 0 Å². The molecule has 0 saturated heterocycles. The second-order valence-corrected chi connectivity index (χ2v) is 9.95. The third kappa shape index (κ3) is 4.58. The second-order valence-electron chi connectivity index (χ2n) is 7.94. The molecule has 0 aliphatic carbocycles. The summed E-state index contributed by atoms with van der Waals surface area (Å²) in [7, 11) is -3.53. The Balaban J connectivity index is 1.93. The first-order chi connectivity index (χ1) is 15.0. The zero-order valence-electron chi connectivity index (χ0n) is 17.7. The van der Waals surface area contributed by atoms with E-state index in [-0.39, 0.29) is 11.4 Å². The molecule has 2 aromatic rings. The molecule has 12 heteroatoms. The summed E-state index contributed by atoms with van der Waals surface area (Å²) in [5.41, 5.74) is -3.75. The molecule has 0 bridgehead atoms. The minimum atomic E-state index is -5.05. The maximum absolute atomic E-state index is 14.5. The van der Waals surface area contributed by atoms with Crippen molar-refractivity contribution in [2.24, 2.45) is 0 Å². The molecule has 7 nitrogen and oxygen atoms in total. The number of aliphatic hydroxyl groups is 1. The van der Waals surface area contributed by atoms with Crippen LogP contribution in [0.25, 0.3) is 0 Å². The van der Waals surface area contributed by atoms with Gasteiger partial charge < -0.3 is 15.3 Å². The molecule has 0 aromatic heterocycles. The smallest absolute Gasteiger partial charge is 0.376 e. The van der Waals surface area contributed by atoms with Gasteiger partial charge in [-0.05, 0) is 47.9 Å². The first-order valence-corrected chi connectivity index (χ1v) is 11.4. The standard InChI is InChI=1S/C21H20F4N2O5S/c1-11(28)27-10-12-8-14(33(3,31)32)5-6-15(12)18(27)19(29)26-17-7-4-13(9-16(17)22)20(2,30)21(23,24)25/h4-9,18,30H,10H2,1-3H3,(H,26,29). The fourth-order valence-electron chi connectivity index (χ4n) is 3.52. The Bertz CT molecular complexity index is 1240. The van der Waals surface area contributed by atoms with Gasteiger partial charge >= 0.3 is 6.18 Å². The Morgan fingerprint density at radius 2 is 1.79 bits per heavy atom. The van der Waals surface area contributed by atoms with Gasteiger partial charge in [-0.25, -0.2) is 12.8 Å². The van der Waals surface area contributed by atoms with Crippen LogP contribution in [-0.4, -0.2) is 42.7 Å². The lowest BCUT2D eigenvalue weighted by Crippen LogP contribution is -2.39. The van der Waals surface area contributed by atoms with Crippen LogP contribution in [0.1, 0.15) is 36.6 Å². The monoisotopic (exact) mass is 488 g/mol. The highest BCUT2D eigenvalue weighted by molar-refractivity contribution is 7.90. The summed E-state index contributed by atoms with van der Waals surface area (Å²) >= 11 is 0. The van der Waals surface area contributed by atoms with Crippen molar-refractivity contribution in [3.8, 4) is 0 Å². The number of rotatable bonds is 4. The molecule has 1 heterocycles. The van der Waals surface area contributed by atoms with Gasteiger partial charge in [-0.1, -0.05) is 12.1 Å². The maximum Gasteiger partial charge on any atom is 0.421 e. The normalized spacial score (nSPS) is 17.9. The molecule has 0 radical (unpaired) electrons. The number of anilines is 1. The average molecular weight is 488 g/mol. The van der Waals surface area contributed by atoms with E-state index in [9.17, 15) is 40.7 Å². The van der Waals surface area contributed by atoms with E-state index in [1.165, 1.54) is 25.1 Å². The number of carbonyl (C=O) groups is 2. The molecule has 1 aliphatic rings. The highest BCUT2D eigenvalue weighted by Gasteiger charge is 2.51. The van der Waals surface area contributed by atoms with Crippen LogP contribution in [0.2, 0.25) is 0 Å². The number of alkyl halides is 3. The molecule has 2 unspecified atom stereocenters. The number of nitrogens with one attached hydrogen (secondary N) is 1. The summed E-state index contributed by atoms with van der Waals surface area (Å²) in [6, 6.07) is 4.99. The lowest BCUT2D eigenvalue weighted by Gasteiger charge is -2.27. The molecule has 3 rings (SSSR count). The number of sulfone groups is 1. The molecule has 178 valence electrons. The average Bonchev–Trinajstić information content (AvgIpc) is 3.07. The van der Waals surface area contributed by atoms with Gasteiger partial charge in [-0.2, -0.15) is 13.2 Å². The van der Waals surface area contributed by atoms with E-state index >= 15 is 0 Å². The van der Waals surface area contributed by atoms with E-state index < -0.39 is 56.5 Å². The van der Waals surface area contributed by atoms with Gasteiger partial charge in [-0.3, -0.25) is 9.59 Å². The minimum absolute atomic E-state index is 0.00385. The van der Waals surface area contributed by atoms with Gasteiger partial charge in [0.25, 0.3) is 5.91 Å². The molecular formula is C21H20F4N2O5S. The zero-order chi connectivity index (χ0) is 24.9. The van der Waals surface area contributed by atoms with Crippen molar-refractivity contribution in [1.29, 1.82) is 0 Å². The molecule has 2 N–H and O–H groups in total. The van der Waals surface area contributed by atoms with Crippen LogP contribution in [0.5, 0.6) is 0 Å². The van der Waals surface area contributed by atoms with E-state index in [1.54, 1.807) is 0 Å². The molecule has 2 atom stereocenters. The van der Waals surface area contributed by atoms with E-state index in [2.05, 4.69) is 5.32 Å². The van der Waals surface area contributed by atoms with Crippen LogP contribution < -0.4 is 5.32 Å². The maximum atomic E-state index is 14.5. The van der Waals surface area contributed by atoms with Crippen LogP contribution in [0.4, 0.5) is 23.2 Å². The van der Waals surface area contributed by atoms with Gasteiger partial charge in [0.2, 0.25) is 5.91 Å². The fraction of sp³-hybridized carbons (Fsp3) is 0.333. The first kappa shape index (κ1) is 24.6. The Kier molecular flexibility index (Phi) is 6.05. The molecular weight excluding hydrogens is 468 g/mol. The number of amides is 2. The predicted octanol–water partition coefficient (Wildman–Crippen LogP) is 3.04. The van der Waals surface area contributed by atoms with Crippen molar-refractivity contribution >= 4 is 27.3 Å². The number of carbonyl (C=O) groups excluding carboxylic acids is 2. The molecule has 0 spiro atoms. The third-order valence-electron chi connectivity index (χ3n) is 5.48. The van der Waals surface area contributed by atoms with E-state index in [4.69, 9.17) is 0 Å². The van der Waals surface area contributed by atoms with Crippen molar-refractivity contribution in [2.75, 3.05) is 11.6 Å². The number of hydrogen-bond acceptors (Lipinski definition) is 5. The molecule has 2 amide bonds. The van der Waals surface area contributed by atoms with Crippen molar-refractivity contribution < 1.29 is 40.7 Å². The highest BCUT2D eigenvalue weighted by Crippen LogP contribution is 2.40. The fourth-order valence-corrected chi connectivity index (χ4v) is 4.19. The lowest BCUT2D eigenvalue weighted by molar-refractivity contribution is -0.258. The van der Waals surface area contributed by atoms with Crippen LogP contribution in [0.15, 0.2) is 41.3 Å². The SMILES string of the molecule is CC(=O)N1Cc2cc(S(C)(=O)=O)ccc2C1C(=O)Nc1ccc(C(C)(O)C(F)(F)F)cc1F. The summed E-state index contributed by atoms with van der Waals surface area (Å²) in [5, 5.41) is 12.0. The van der Waals surface area contributed by atoms with E-state index in [0.717, 1.165) is 23.3 Å². The number of benzene rings is 2. The van der Waals surface area contributed by atoms with Gasteiger partial charge in [0.15, 0.2) is 15.4 Å². The van der Waals surface area contributed by atoms with Crippen LogP contribution in [0, 0.1) is 5.82 Å². The molecule has 0 fully saturated rings. The summed E-state index contributed by atoms with van der Waals surface area (Å²) in [5.74, 6) is -2.56. The van der Waals surface area contributed by atoms with Crippen LogP contribution in [-0.2, 0) is 31.6 Å². The number of nitrogens with zero attached hydrogens (tertiary/aromatic N) is 1. The summed E-state index contributed by atoms with van der Waals surface area (Å²) < 4.78 is 77.2. The Morgan fingerprint density at radius 3 is 2.30 bits per heavy atom. The Morgan fingerprint density at radius 1 is 1.15 bits per heavy atom. The van der Waals surface area contributed by atoms with Crippen molar-refractivity contribution in [1.82, 2.24) is 4.90 Å². The van der Waals surface area contributed by atoms with Gasteiger partial charge in [-0.15, -0.1) is 0 Å². The molecule has 0 saturated carbocycles. The summed E-state index contributed by atoms with van der Waals surface area (Å²) in [6.07, 6.45) is -4.04. The number of fused-ring (bicyclic) bond motifs is 1. The van der Waals surface area contributed by atoms with Crippen molar-refractivity contribution in [2.45, 2.75) is 43.1 Å². The summed E-state index contributed by atoms with van der Waals surface area (Å²) in [6.45, 7) is 1.63. The highest BCUT2D eigenvalue weighted by atomic mass is 32.2. The summed E-state index contributed by atoms with van der Waals surface area (Å²) in [4.78, 5) is 26.2. The van der Waals surface area contributed by atoms with Gasteiger partial charge in [0.05, 0.1) is 10.6 Å². The van der Waals surface area contributed by atoms with Gasteiger partial charge in [0.1, 0.15) is 11.9 Å². The quantitative estimate of drug-likeness (QED) is 0.644. The largest absolute Gasteiger partial charge is 0.421 e. The number of hydrogen-bond donors (Lipinski definition) is 2. The first-order valence-electron chi connectivity index (χ1n) is 9.54. The zero-order valence-corrected chi connectivity index (χ0v) is 18.5. The molecule has 1 aliphatic heterocycles. The van der Waals surface area contributed by atoms with Crippen molar-refractivity contribution in [3.05, 3.63) is 58.9 Å². The number of halogens is 4. The third-order valence-corrected chi connectivity index (χ3v) is 6.59. The minimum Gasteiger partial charge on any atom is -0.376 e. The van der Waals surface area contributed by atoms with Gasteiger partial charge in [0, 0.05) is 19.7 Å². The Labute approximate surface area is 186 Å². The predicted molar refractivity (Wildman–Crippen MR) is 109 cm³/mol. The van der Waals surface area contributed by atoms with Crippen molar-refractivity contribution in [3.63, 3.8) is 0 Å². The van der Waals surface area contributed by atoms with E-state index in [0.29, 0.717) is 24.1 Å².